The number of pyridine rings is 1. The van der Waals surface area contributed by atoms with Crippen molar-refractivity contribution in [1.82, 2.24) is 4.98 Å². The van der Waals surface area contributed by atoms with Gasteiger partial charge in [0, 0.05) is 36.8 Å². The summed E-state index contributed by atoms with van der Waals surface area (Å²) in [6.45, 7) is 0. The number of rotatable bonds is 3. The first-order chi connectivity index (χ1) is 10.2. The molecule has 0 radical (unpaired) electrons. The predicted octanol–water partition coefficient (Wildman–Crippen LogP) is 3.98. The third-order valence-electron chi connectivity index (χ3n) is 3.58. The Morgan fingerprint density at radius 3 is 2.29 bits per heavy atom. The van der Waals surface area contributed by atoms with Crippen LogP contribution in [0.5, 0.6) is 5.75 Å². The van der Waals surface area contributed by atoms with Crippen LogP contribution in [0.25, 0.3) is 22.2 Å². The molecule has 0 bridgehead atoms. The number of fused-ring (bicyclic) bond motifs is 1. The zero-order valence-corrected chi connectivity index (χ0v) is 12.5. The summed E-state index contributed by atoms with van der Waals surface area (Å²) in [4.78, 5) is 6.82. The molecule has 3 aromatic rings. The number of hydrogen-bond acceptors (Lipinski definition) is 3. The van der Waals surface area contributed by atoms with Crippen LogP contribution >= 0.6 is 0 Å². The molecule has 1 aromatic heterocycles. The summed E-state index contributed by atoms with van der Waals surface area (Å²) >= 11 is 0. The Bertz CT molecular complexity index is 764. The van der Waals surface area contributed by atoms with E-state index < -0.39 is 0 Å². The quantitative estimate of drug-likeness (QED) is 0.724. The maximum atomic E-state index is 5.26. The Kier molecular flexibility index (Phi) is 3.48. The third-order valence-corrected chi connectivity index (χ3v) is 3.58. The lowest BCUT2D eigenvalue weighted by atomic mass is 10.1. The maximum Gasteiger partial charge on any atom is 0.121 e. The van der Waals surface area contributed by atoms with E-state index in [1.54, 1.807) is 7.11 Å². The van der Waals surface area contributed by atoms with Gasteiger partial charge in [0.25, 0.3) is 0 Å². The highest BCUT2D eigenvalue weighted by Crippen LogP contribution is 2.25. The molecule has 21 heavy (non-hydrogen) atoms. The largest absolute Gasteiger partial charge is 0.497 e. The second-order valence-electron chi connectivity index (χ2n) is 5.20. The summed E-state index contributed by atoms with van der Waals surface area (Å²) in [7, 11) is 5.75. The van der Waals surface area contributed by atoms with E-state index in [1.807, 2.05) is 32.3 Å². The van der Waals surface area contributed by atoms with E-state index in [1.165, 1.54) is 5.69 Å². The van der Waals surface area contributed by atoms with Crippen molar-refractivity contribution in [1.29, 1.82) is 0 Å². The minimum atomic E-state index is 0.829. The highest BCUT2D eigenvalue weighted by molar-refractivity contribution is 5.83. The fraction of sp³-hybridized carbons (Fsp3) is 0.167. The Labute approximate surface area is 124 Å². The van der Waals surface area contributed by atoms with Crippen LogP contribution in [0.2, 0.25) is 0 Å². The van der Waals surface area contributed by atoms with Gasteiger partial charge in [-0.2, -0.15) is 0 Å². The number of ether oxygens (including phenoxy) is 1. The van der Waals surface area contributed by atoms with Gasteiger partial charge in [-0.05, 0) is 30.3 Å². The number of methoxy groups -OCH3 is 1. The van der Waals surface area contributed by atoms with Gasteiger partial charge in [0.1, 0.15) is 5.75 Å². The van der Waals surface area contributed by atoms with Gasteiger partial charge < -0.3 is 9.64 Å². The molecule has 0 unspecified atom stereocenters. The van der Waals surface area contributed by atoms with E-state index in [9.17, 15) is 0 Å². The SMILES string of the molecule is COc1ccc2ccc(-c3ccc(N(C)C)cc3)nc2c1. The molecule has 3 heteroatoms. The normalized spacial score (nSPS) is 10.6. The molecule has 0 aliphatic rings. The summed E-state index contributed by atoms with van der Waals surface area (Å²) in [5, 5.41) is 1.12. The molecule has 0 atom stereocenters. The highest BCUT2D eigenvalue weighted by Gasteiger charge is 2.03. The van der Waals surface area contributed by atoms with Crippen LogP contribution in [-0.4, -0.2) is 26.2 Å². The first kappa shape index (κ1) is 13.4. The van der Waals surface area contributed by atoms with E-state index >= 15 is 0 Å². The molecule has 1 heterocycles. The van der Waals surface area contributed by atoms with E-state index in [2.05, 4.69) is 41.3 Å². The molecular formula is C18H18N2O. The molecule has 3 nitrogen and oxygen atoms in total. The molecule has 3 rings (SSSR count). The summed E-state index contributed by atoms with van der Waals surface area (Å²) in [5.74, 6) is 0.829. The van der Waals surface area contributed by atoms with Crippen LogP contribution in [0.4, 0.5) is 5.69 Å². The zero-order valence-electron chi connectivity index (χ0n) is 12.5. The summed E-state index contributed by atoms with van der Waals surface area (Å²) < 4.78 is 5.26. The molecule has 0 N–H and O–H groups in total. The van der Waals surface area contributed by atoms with Gasteiger partial charge >= 0.3 is 0 Å². The van der Waals surface area contributed by atoms with Gasteiger partial charge in [-0.25, -0.2) is 4.98 Å². The van der Waals surface area contributed by atoms with Crippen molar-refractivity contribution in [2.75, 3.05) is 26.1 Å². The number of benzene rings is 2. The average molecular weight is 278 g/mol. The fourth-order valence-corrected chi connectivity index (χ4v) is 2.32. The van der Waals surface area contributed by atoms with Crippen molar-refractivity contribution in [2.45, 2.75) is 0 Å². The van der Waals surface area contributed by atoms with Gasteiger partial charge in [0.2, 0.25) is 0 Å². The van der Waals surface area contributed by atoms with Gasteiger partial charge in [-0.1, -0.05) is 18.2 Å². The molecule has 0 aliphatic carbocycles. The van der Waals surface area contributed by atoms with Crippen molar-refractivity contribution < 1.29 is 4.74 Å². The number of hydrogen-bond donors (Lipinski definition) is 0. The summed E-state index contributed by atoms with van der Waals surface area (Å²) in [6.07, 6.45) is 0. The first-order valence-corrected chi connectivity index (χ1v) is 6.90. The summed E-state index contributed by atoms with van der Waals surface area (Å²) in [5.41, 5.74) is 4.22. The monoisotopic (exact) mass is 278 g/mol. The van der Waals surface area contributed by atoms with Crippen molar-refractivity contribution in [2.24, 2.45) is 0 Å². The van der Waals surface area contributed by atoms with E-state index in [0.717, 1.165) is 27.9 Å². The van der Waals surface area contributed by atoms with E-state index in [0.29, 0.717) is 0 Å². The molecule has 0 saturated heterocycles. The molecule has 2 aromatic carbocycles. The van der Waals surface area contributed by atoms with Gasteiger partial charge in [-0.3, -0.25) is 0 Å². The average Bonchev–Trinajstić information content (AvgIpc) is 2.53. The van der Waals surface area contributed by atoms with Gasteiger partial charge in [0.05, 0.1) is 18.3 Å². The maximum absolute atomic E-state index is 5.26. The topological polar surface area (TPSA) is 25.4 Å². The van der Waals surface area contributed by atoms with Gasteiger partial charge in [0.15, 0.2) is 0 Å². The van der Waals surface area contributed by atoms with Crippen LogP contribution in [0, 0.1) is 0 Å². The fourth-order valence-electron chi connectivity index (χ4n) is 2.32. The molecule has 0 spiro atoms. The lowest BCUT2D eigenvalue weighted by Crippen LogP contribution is -2.07. The highest BCUT2D eigenvalue weighted by atomic mass is 16.5. The lowest BCUT2D eigenvalue weighted by Gasteiger charge is -2.12. The van der Waals surface area contributed by atoms with Crippen LogP contribution < -0.4 is 9.64 Å². The van der Waals surface area contributed by atoms with E-state index in [4.69, 9.17) is 9.72 Å². The molecule has 0 saturated carbocycles. The number of anilines is 1. The Morgan fingerprint density at radius 1 is 0.905 bits per heavy atom. The van der Waals surface area contributed by atoms with Crippen molar-refractivity contribution >= 4 is 16.6 Å². The van der Waals surface area contributed by atoms with Crippen LogP contribution in [-0.2, 0) is 0 Å². The van der Waals surface area contributed by atoms with Crippen LogP contribution in [0.1, 0.15) is 0 Å². The lowest BCUT2D eigenvalue weighted by molar-refractivity contribution is 0.415. The molecule has 0 fully saturated rings. The number of aromatic nitrogens is 1. The predicted molar refractivity (Wildman–Crippen MR) is 88.1 cm³/mol. The zero-order chi connectivity index (χ0) is 14.8. The molecule has 0 amide bonds. The number of nitrogens with zero attached hydrogens (tertiary/aromatic N) is 2. The Morgan fingerprint density at radius 2 is 1.62 bits per heavy atom. The van der Waals surface area contributed by atoms with Crippen molar-refractivity contribution in [3.63, 3.8) is 0 Å². The Balaban J connectivity index is 2.03. The summed E-state index contributed by atoms with van der Waals surface area (Å²) in [6, 6.07) is 18.5. The smallest absolute Gasteiger partial charge is 0.121 e. The Hall–Kier alpha value is -2.55. The van der Waals surface area contributed by atoms with E-state index in [-0.39, 0.29) is 0 Å². The molecule has 106 valence electrons. The standard InChI is InChI=1S/C18H18N2O/c1-20(2)15-8-4-13(5-9-15)17-11-7-14-6-10-16(21-3)12-18(14)19-17/h4-12H,1-3H3. The van der Waals surface area contributed by atoms with Crippen molar-refractivity contribution in [3.8, 4) is 17.0 Å². The first-order valence-electron chi connectivity index (χ1n) is 6.90. The van der Waals surface area contributed by atoms with Gasteiger partial charge in [-0.15, -0.1) is 0 Å². The minimum absolute atomic E-state index is 0.829. The minimum Gasteiger partial charge on any atom is -0.497 e. The molecular weight excluding hydrogens is 260 g/mol. The second-order valence-corrected chi connectivity index (χ2v) is 5.20. The molecule has 0 aliphatic heterocycles. The van der Waals surface area contributed by atoms with Crippen LogP contribution in [0.15, 0.2) is 54.6 Å². The second kappa shape index (κ2) is 5.44. The van der Waals surface area contributed by atoms with Crippen LogP contribution in [0.3, 0.4) is 0 Å². The third kappa shape index (κ3) is 2.68. The van der Waals surface area contributed by atoms with Crippen molar-refractivity contribution in [3.05, 3.63) is 54.6 Å².